The first-order valence-corrected chi connectivity index (χ1v) is 11.5. The Balaban J connectivity index is 3.78. The van der Waals surface area contributed by atoms with Crippen molar-refractivity contribution in [2.24, 2.45) is 5.73 Å². The lowest BCUT2D eigenvalue weighted by Crippen LogP contribution is -2.43. The van der Waals surface area contributed by atoms with E-state index in [2.05, 4.69) is 5.32 Å². The van der Waals surface area contributed by atoms with Gasteiger partial charge in [0.25, 0.3) is 0 Å². The van der Waals surface area contributed by atoms with Gasteiger partial charge in [-0.25, -0.2) is 0 Å². The zero-order chi connectivity index (χ0) is 22.8. The predicted octanol–water partition coefficient (Wildman–Crippen LogP) is 1.86. The monoisotopic (exact) mass is 448 g/mol. The minimum Gasteiger partial charge on any atom is -0.481 e. The van der Waals surface area contributed by atoms with E-state index in [1.54, 1.807) is 0 Å². The standard InChI is InChI=1S/C20H36N2O7S/c1-15(23)28-12-17(29-16(2)24)13-30-14-18(21)20(27)22-11-9-7-5-3-4-6-8-10-19(25)26/h17-18H,3-14,21H2,1-2H3,(H,22,27)(H,25,26)/t17-,18+/m1/s1. The van der Waals surface area contributed by atoms with Gasteiger partial charge >= 0.3 is 17.9 Å². The summed E-state index contributed by atoms with van der Waals surface area (Å²) < 4.78 is 9.95. The number of hydrogen-bond donors (Lipinski definition) is 3. The van der Waals surface area contributed by atoms with Crippen molar-refractivity contribution in [2.75, 3.05) is 24.7 Å². The molecular formula is C20H36N2O7S. The van der Waals surface area contributed by atoms with E-state index in [0.717, 1.165) is 44.9 Å². The van der Waals surface area contributed by atoms with Gasteiger partial charge in [0.05, 0.1) is 6.04 Å². The lowest BCUT2D eigenvalue weighted by molar-refractivity contribution is -0.154. The molecule has 0 fully saturated rings. The molecule has 0 rings (SSSR count). The maximum Gasteiger partial charge on any atom is 0.303 e. The van der Waals surface area contributed by atoms with Crippen molar-refractivity contribution in [3.8, 4) is 0 Å². The summed E-state index contributed by atoms with van der Waals surface area (Å²) in [6, 6.07) is -0.670. The summed E-state index contributed by atoms with van der Waals surface area (Å²) >= 11 is 1.36. The minimum atomic E-state index is -0.742. The highest BCUT2D eigenvalue weighted by molar-refractivity contribution is 7.99. The summed E-state index contributed by atoms with van der Waals surface area (Å²) in [5.74, 6) is -1.14. The van der Waals surface area contributed by atoms with Crippen molar-refractivity contribution in [1.29, 1.82) is 0 Å². The predicted molar refractivity (Wildman–Crippen MR) is 115 cm³/mol. The Morgan fingerprint density at radius 2 is 1.53 bits per heavy atom. The second kappa shape index (κ2) is 18.0. The number of unbranched alkanes of at least 4 members (excludes halogenated alkanes) is 6. The van der Waals surface area contributed by atoms with Crippen LogP contribution in [0.3, 0.4) is 0 Å². The lowest BCUT2D eigenvalue weighted by atomic mass is 10.1. The Hall–Kier alpha value is -1.81. The summed E-state index contributed by atoms with van der Waals surface area (Å²) in [5, 5.41) is 11.4. The quantitative estimate of drug-likeness (QED) is 0.211. The molecular weight excluding hydrogens is 412 g/mol. The number of rotatable bonds is 18. The number of carboxylic acid groups (broad SMARTS) is 1. The fourth-order valence-electron chi connectivity index (χ4n) is 2.59. The third-order valence-electron chi connectivity index (χ3n) is 4.11. The largest absolute Gasteiger partial charge is 0.481 e. The van der Waals surface area contributed by atoms with Gasteiger partial charge in [-0.3, -0.25) is 19.2 Å². The van der Waals surface area contributed by atoms with Gasteiger partial charge in [0.1, 0.15) is 12.7 Å². The zero-order valence-electron chi connectivity index (χ0n) is 18.0. The van der Waals surface area contributed by atoms with Gasteiger partial charge in [-0.15, -0.1) is 0 Å². The molecule has 0 aliphatic heterocycles. The van der Waals surface area contributed by atoms with Crippen LogP contribution in [0.5, 0.6) is 0 Å². The third kappa shape index (κ3) is 18.2. The maximum absolute atomic E-state index is 12.0. The molecule has 0 radical (unpaired) electrons. The fraction of sp³-hybridized carbons (Fsp3) is 0.800. The molecule has 0 aliphatic carbocycles. The topological polar surface area (TPSA) is 145 Å². The fourth-order valence-corrected chi connectivity index (χ4v) is 3.56. The van der Waals surface area contributed by atoms with E-state index in [1.165, 1.54) is 25.6 Å². The Bertz CT molecular complexity index is 531. The highest BCUT2D eigenvalue weighted by atomic mass is 32.2. The number of thioether (sulfide) groups is 1. The average molecular weight is 449 g/mol. The van der Waals surface area contributed by atoms with Crippen LogP contribution in [0.2, 0.25) is 0 Å². The summed E-state index contributed by atoms with van der Waals surface area (Å²) in [5.41, 5.74) is 5.89. The number of carboxylic acids is 1. The number of amides is 1. The Labute approximate surface area is 182 Å². The molecule has 10 heteroatoms. The van der Waals surface area contributed by atoms with Crippen LogP contribution in [0.15, 0.2) is 0 Å². The number of nitrogens with one attached hydrogen (secondary N) is 1. The van der Waals surface area contributed by atoms with Crippen LogP contribution in [0.25, 0.3) is 0 Å². The number of carbonyl (C=O) groups excluding carboxylic acids is 3. The molecule has 4 N–H and O–H groups in total. The van der Waals surface area contributed by atoms with Gasteiger partial charge < -0.3 is 25.6 Å². The number of esters is 2. The molecule has 0 saturated carbocycles. The van der Waals surface area contributed by atoms with E-state index in [4.69, 9.17) is 20.3 Å². The van der Waals surface area contributed by atoms with E-state index in [-0.39, 0.29) is 18.9 Å². The minimum absolute atomic E-state index is 0.0249. The number of ether oxygens (including phenoxy) is 2. The van der Waals surface area contributed by atoms with Crippen molar-refractivity contribution in [3.05, 3.63) is 0 Å². The Morgan fingerprint density at radius 3 is 2.10 bits per heavy atom. The average Bonchev–Trinajstić information content (AvgIpc) is 2.66. The molecule has 9 nitrogen and oxygen atoms in total. The summed E-state index contributed by atoms with van der Waals surface area (Å²) in [4.78, 5) is 44.4. The maximum atomic E-state index is 12.0. The Kier molecular flexibility index (Phi) is 16.9. The van der Waals surface area contributed by atoms with Gasteiger partial charge in [0, 0.05) is 38.3 Å². The molecule has 2 atom stereocenters. The number of hydrogen-bond acceptors (Lipinski definition) is 8. The van der Waals surface area contributed by atoms with Gasteiger partial charge in [0.15, 0.2) is 0 Å². The first-order chi connectivity index (χ1) is 14.2. The smallest absolute Gasteiger partial charge is 0.303 e. The second-order valence-electron chi connectivity index (χ2n) is 7.09. The number of aliphatic carboxylic acids is 1. The first kappa shape index (κ1) is 28.2. The molecule has 0 bridgehead atoms. The molecule has 0 aromatic heterocycles. The number of carbonyl (C=O) groups is 4. The molecule has 0 aromatic carbocycles. The van der Waals surface area contributed by atoms with Crippen LogP contribution < -0.4 is 11.1 Å². The molecule has 30 heavy (non-hydrogen) atoms. The molecule has 0 spiro atoms. The SMILES string of the molecule is CC(=O)OC[C@H](CSC[C@H](N)C(=O)NCCCCCCCCCC(=O)O)OC(C)=O. The van der Waals surface area contributed by atoms with Gasteiger partial charge in [-0.2, -0.15) is 11.8 Å². The highest BCUT2D eigenvalue weighted by Gasteiger charge is 2.17. The summed E-state index contributed by atoms with van der Waals surface area (Å²) in [7, 11) is 0. The normalized spacial score (nSPS) is 12.6. The molecule has 0 aliphatic rings. The second-order valence-corrected chi connectivity index (χ2v) is 8.16. The highest BCUT2D eigenvalue weighted by Crippen LogP contribution is 2.10. The van der Waals surface area contributed by atoms with E-state index in [0.29, 0.717) is 18.1 Å². The first-order valence-electron chi connectivity index (χ1n) is 10.4. The molecule has 0 saturated heterocycles. The summed E-state index contributed by atoms with van der Waals surface area (Å²) in [6.45, 7) is 3.10. The van der Waals surface area contributed by atoms with Gasteiger partial charge in [0.2, 0.25) is 5.91 Å². The van der Waals surface area contributed by atoms with E-state index >= 15 is 0 Å². The molecule has 0 heterocycles. The van der Waals surface area contributed by atoms with Crippen molar-refractivity contribution >= 4 is 35.6 Å². The molecule has 1 amide bonds. The van der Waals surface area contributed by atoms with Crippen LogP contribution in [-0.4, -0.2) is 65.7 Å². The molecule has 174 valence electrons. The van der Waals surface area contributed by atoms with Crippen LogP contribution in [-0.2, 0) is 28.7 Å². The van der Waals surface area contributed by atoms with E-state index < -0.39 is 30.1 Å². The van der Waals surface area contributed by atoms with E-state index in [9.17, 15) is 19.2 Å². The third-order valence-corrected chi connectivity index (χ3v) is 5.31. The van der Waals surface area contributed by atoms with Crippen molar-refractivity contribution in [2.45, 2.75) is 77.4 Å². The van der Waals surface area contributed by atoms with Crippen molar-refractivity contribution in [3.63, 3.8) is 0 Å². The van der Waals surface area contributed by atoms with E-state index in [1.807, 2.05) is 0 Å². The van der Waals surface area contributed by atoms with Crippen LogP contribution in [0.1, 0.15) is 65.2 Å². The van der Waals surface area contributed by atoms with Crippen molar-refractivity contribution in [1.82, 2.24) is 5.32 Å². The molecule has 0 aromatic rings. The molecule has 0 unspecified atom stereocenters. The zero-order valence-corrected chi connectivity index (χ0v) is 18.8. The van der Waals surface area contributed by atoms with Crippen LogP contribution >= 0.6 is 11.8 Å². The van der Waals surface area contributed by atoms with Crippen LogP contribution in [0.4, 0.5) is 0 Å². The van der Waals surface area contributed by atoms with Crippen molar-refractivity contribution < 1.29 is 33.8 Å². The van der Waals surface area contributed by atoms with Crippen LogP contribution in [0, 0.1) is 0 Å². The lowest BCUT2D eigenvalue weighted by Gasteiger charge is -2.17. The number of nitrogens with two attached hydrogens (primary N) is 1. The Morgan fingerprint density at radius 1 is 0.933 bits per heavy atom. The van der Waals surface area contributed by atoms with Gasteiger partial charge in [-0.1, -0.05) is 32.1 Å². The summed E-state index contributed by atoms with van der Waals surface area (Å²) in [6.07, 6.45) is 6.37. The van der Waals surface area contributed by atoms with Gasteiger partial charge in [-0.05, 0) is 12.8 Å².